The fraction of sp³-hybridized carbons (Fsp3) is 0.250. The predicted octanol–water partition coefficient (Wildman–Crippen LogP) is 1.70. The van der Waals surface area contributed by atoms with Crippen LogP contribution in [0.1, 0.15) is 1.37 Å². The van der Waals surface area contributed by atoms with Gasteiger partial charge in [0.25, 0.3) is 0 Å². The highest BCUT2D eigenvalue weighted by molar-refractivity contribution is 5.32. The molecule has 10 heavy (non-hydrogen) atoms. The molecule has 1 rings (SSSR count). The normalized spacial score (nSPS) is 10.4. The first kappa shape index (κ1) is 5.59. The van der Waals surface area contributed by atoms with E-state index in [1.54, 1.807) is 18.2 Å². The fourth-order valence-corrected chi connectivity index (χ4v) is 0.666. The van der Waals surface area contributed by atoms with Crippen molar-refractivity contribution in [2.75, 3.05) is 14.2 Å². The lowest BCUT2D eigenvalue weighted by molar-refractivity contribution is 0.394. The lowest BCUT2D eigenvalue weighted by Crippen LogP contribution is -1.84. The van der Waals surface area contributed by atoms with E-state index in [-0.39, 0.29) is 6.04 Å². The Morgan fingerprint density at radius 2 is 1.70 bits per heavy atom. The third-order valence-corrected chi connectivity index (χ3v) is 1.18. The molecule has 0 saturated heterocycles. The minimum atomic E-state index is 0.289. The third kappa shape index (κ3) is 1.41. The van der Waals surface area contributed by atoms with Crippen molar-refractivity contribution in [1.82, 2.24) is 0 Å². The second-order valence-electron chi connectivity index (χ2n) is 1.79. The summed E-state index contributed by atoms with van der Waals surface area (Å²) in [6.07, 6.45) is 0. The Labute approximate surface area is 61.8 Å². The molecule has 1 aromatic carbocycles. The fourth-order valence-electron chi connectivity index (χ4n) is 0.666. The van der Waals surface area contributed by atoms with Gasteiger partial charge in [-0.3, -0.25) is 0 Å². The number of hydrogen-bond donors (Lipinski definition) is 0. The summed E-state index contributed by atoms with van der Waals surface area (Å²) in [7, 11) is 3.07. The molecule has 0 saturated carbocycles. The summed E-state index contributed by atoms with van der Waals surface area (Å²) in [5.74, 6) is 1.06. The summed E-state index contributed by atoms with van der Waals surface area (Å²) >= 11 is 0. The quantitative estimate of drug-likeness (QED) is 0.621. The van der Waals surface area contributed by atoms with Gasteiger partial charge in [-0.05, 0) is 12.1 Å². The molecule has 0 unspecified atom stereocenters. The van der Waals surface area contributed by atoms with Gasteiger partial charge in [0.2, 0.25) is 0 Å². The van der Waals surface area contributed by atoms with E-state index in [9.17, 15) is 0 Å². The minimum absolute atomic E-state index is 0.289. The lowest BCUT2D eigenvalue weighted by atomic mass is 10.3. The van der Waals surface area contributed by atoms with Crippen molar-refractivity contribution in [2.45, 2.75) is 0 Å². The summed E-state index contributed by atoms with van der Waals surface area (Å²) in [5, 5.41) is 0. The van der Waals surface area contributed by atoms with Gasteiger partial charge in [0, 0.05) is 6.04 Å². The van der Waals surface area contributed by atoms with E-state index in [1.165, 1.54) is 14.2 Å². The SMILES string of the molecule is [2H]c1c(OC)cccc1OC. The molecule has 0 N–H and O–H groups in total. The Kier molecular flexibility index (Phi) is 1.74. The Hall–Kier alpha value is -1.18. The standard InChI is InChI=1S/C8H10O2/c1-9-7-4-3-5-8(6-7)10-2/h3-6H,1-2H3/i6D. The molecule has 54 valence electrons. The zero-order chi connectivity index (χ0) is 8.27. The molecule has 0 heterocycles. The maximum Gasteiger partial charge on any atom is 0.122 e. The van der Waals surface area contributed by atoms with E-state index in [2.05, 4.69) is 0 Å². The van der Waals surface area contributed by atoms with Gasteiger partial charge in [-0.15, -0.1) is 0 Å². The van der Waals surface area contributed by atoms with Crippen molar-refractivity contribution in [3.05, 3.63) is 24.2 Å². The molecule has 0 aliphatic rings. The average molecular weight is 139 g/mol. The largest absolute Gasteiger partial charge is 0.497 e. The van der Waals surface area contributed by atoms with Crippen LogP contribution in [0.4, 0.5) is 0 Å². The summed E-state index contributed by atoms with van der Waals surface area (Å²) in [4.78, 5) is 0. The van der Waals surface area contributed by atoms with Crippen LogP contribution < -0.4 is 9.47 Å². The second-order valence-corrected chi connectivity index (χ2v) is 1.79. The van der Waals surface area contributed by atoms with Gasteiger partial charge in [-0.25, -0.2) is 0 Å². The number of methoxy groups -OCH3 is 2. The Balaban J connectivity index is 3.10. The van der Waals surface area contributed by atoms with Crippen molar-refractivity contribution >= 4 is 0 Å². The van der Waals surface area contributed by atoms with Crippen molar-refractivity contribution < 1.29 is 10.8 Å². The highest BCUT2D eigenvalue weighted by atomic mass is 16.5. The molecule has 0 amide bonds. The molecule has 0 spiro atoms. The van der Waals surface area contributed by atoms with Gasteiger partial charge in [-0.2, -0.15) is 0 Å². The molecule has 0 aliphatic heterocycles. The number of benzene rings is 1. The van der Waals surface area contributed by atoms with Crippen LogP contribution in [0, 0.1) is 0 Å². The van der Waals surface area contributed by atoms with Gasteiger partial charge in [-0.1, -0.05) is 6.07 Å². The van der Waals surface area contributed by atoms with Gasteiger partial charge in [0.05, 0.1) is 15.6 Å². The zero-order valence-electron chi connectivity index (χ0n) is 7.05. The Bertz CT molecular complexity index is 226. The van der Waals surface area contributed by atoms with Crippen LogP contribution in [-0.4, -0.2) is 14.2 Å². The molecule has 0 atom stereocenters. The van der Waals surface area contributed by atoms with Crippen molar-refractivity contribution in [3.63, 3.8) is 0 Å². The second kappa shape index (κ2) is 3.11. The summed E-state index contributed by atoms with van der Waals surface area (Å²) in [6.45, 7) is 0. The topological polar surface area (TPSA) is 18.5 Å². The van der Waals surface area contributed by atoms with Crippen LogP contribution in [0.15, 0.2) is 24.2 Å². The number of hydrogen-bond acceptors (Lipinski definition) is 2. The number of rotatable bonds is 2. The van der Waals surface area contributed by atoms with Crippen molar-refractivity contribution in [2.24, 2.45) is 0 Å². The predicted molar refractivity (Wildman–Crippen MR) is 39.5 cm³/mol. The molecular weight excluding hydrogens is 128 g/mol. The van der Waals surface area contributed by atoms with E-state index in [0.717, 1.165) is 0 Å². The molecule has 0 aliphatic carbocycles. The smallest absolute Gasteiger partial charge is 0.122 e. The van der Waals surface area contributed by atoms with Crippen molar-refractivity contribution in [3.8, 4) is 11.5 Å². The molecule has 1 aromatic rings. The van der Waals surface area contributed by atoms with Crippen LogP contribution in [0.25, 0.3) is 0 Å². The minimum Gasteiger partial charge on any atom is -0.497 e. The van der Waals surface area contributed by atoms with Gasteiger partial charge >= 0.3 is 0 Å². The first-order valence-corrected chi connectivity index (χ1v) is 2.97. The maximum atomic E-state index is 7.50. The van der Waals surface area contributed by atoms with E-state index < -0.39 is 0 Å². The summed E-state index contributed by atoms with van der Waals surface area (Å²) in [5.41, 5.74) is 0. The monoisotopic (exact) mass is 139 g/mol. The summed E-state index contributed by atoms with van der Waals surface area (Å²) in [6, 6.07) is 5.53. The van der Waals surface area contributed by atoms with Crippen LogP contribution >= 0.6 is 0 Å². The first-order valence-electron chi connectivity index (χ1n) is 3.47. The zero-order valence-corrected chi connectivity index (χ0v) is 6.05. The van der Waals surface area contributed by atoms with Gasteiger partial charge < -0.3 is 9.47 Å². The molecule has 0 bridgehead atoms. The van der Waals surface area contributed by atoms with Crippen LogP contribution in [0.2, 0.25) is 0 Å². The molecule has 0 aromatic heterocycles. The first-order chi connectivity index (χ1) is 5.29. The lowest BCUT2D eigenvalue weighted by Gasteiger charge is -2.01. The average Bonchev–Trinajstić information content (AvgIpc) is 2.05. The van der Waals surface area contributed by atoms with E-state index >= 15 is 0 Å². The molecule has 2 nitrogen and oxygen atoms in total. The highest BCUT2D eigenvalue weighted by Crippen LogP contribution is 2.17. The Morgan fingerprint density at radius 3 is 2.10 bits per heavy atom. The summed E-state index contributed by atoms with van der Waals surface area (Å²) < 4.78 is 17.3. The van der Waals surface area contributed by atoms with Crippen molar-refractivity contribution in [1.29, 1.82) is 0 Å². The molecule has 0 fully saturated rings. The van der Waals surface area contributed by atoms with Crippen LogP contribution in [0.5, 0.6) is 11.5 Å². The van der Waals surface area contributed by atoms with Gasteiger partial charge in [0.1, 0.15) is 11.5 Å². The third-order valence-electron chi connectivity index (χ3n) is 1.18. The molecule has 2 heteroatoms. The van der Waals surface area contributed by atoms with Crippen LogP contribution in [0.3, 0.4) is 0 Å². The Morgan fingerprint density at radius 1 is 1.20 bits per heavy atom. The van der Waals surface area contributed by atoms with Gasteiger partial charge in [0.15, 0.2) is 0 Å². The van der Waals surface area contributed by atoms with Crippen LogP contribution in [-0.2, 0) is 0 Å². The highest BCUT2D eigenvalue weighted by Gasteiger charge is 1.91. The number of ether oxygens (including phenoxy) is 2. The molecular formula is C8H10O2. The van der Waals surface area contributed by atoms with E-state index in [0.29, 0.717) is 11.5 Å². The van der Waals surface area contributed by atoms with E-state index in [4.69, 9.17) is 10.8 Å². The van der Waals surface area contributed by atoms with E-state index in [1.807, 2.05) is 0 Å². The molecule has 0 radical (unpaired) electrons. The maximum absolute atomic E-state index is 7.50.